The third kappa shape index (κ3) is 5.35. The van der Waals surface area contributed by atoms with Gasteiger partial charge in [0.1, 0.15) is 0 Å². The Bertz CT molecular complexity index is 1190. The average Bonchev–Trinajstić information content (AvgIpc) is 3.32. The summed E-state index contributed by atoms with van der Waals surface area (Å²) in [5, 5.41) is 5.43. The number of anilines is 2. The molecule has 174 valence electrons. The van der Waals surface area contributed by atoms with Crippen LogP contribution in [0.1, 0.15) is 35.2 Å². The first-order chi connectivity index (χ1) is 16.5. The van der Waals surface area contributed by atoms with Gasteiger partial charge in [0.05, 0.1) is 17.2 Å². The number of carbonyl (C=O) groups is 3. The summed E-state index contributed by atoms with van der Waals surface area (Å²) in [7, 11) is 0. The number of carbonyl (C=O) groups excluding carboxylic acids is 3. The number of benzene rings is 3. The number of ether oxygens (including phenoxy) is 3. The molecule has 4 rings (SSSR count). The molecule has 0 spiro atoms. The molecule has 3 aromatic rings. The number of amides is 2. The quantitative estimate of drug-likeness (QED) is 0.485. The fourth-order valence-electron chi connectivity index (χ4n) is 3.61. The van der Waals surface area contributed by atoms with Crippen molar-refractivity contribution in [3.63, 3.8) is 0 Å². The molecule has 1 aliphatic heterocycles. The Morgan fingerprint density at radius 3 is 2.44 bits per heavy atom. The van der Waals surface area contributed by atoms with Crippen LogP contribution in [-0.4, -0.2) is 31.2 Å². The van der Waals surface area contributed by atoms with E-state index < -0.39 is 30.3 Å². The molecule has 1 heterocycles. The molecule has 34 heavy (non-hydrogen) atoms. The van der Waals surface area contributed by atoms with Crippen LogP contribution in [0.4, 0.5) is 11.4 Å². The Kier molecular flexibility index (Phi) is 7.07. The minimum Gasteiger partial charge on any atom is -0.455 e. The van der Waals surface area contributed by atoms with Gasteiger partial charge in [-0.3, -0.25) is 14.4 Å². The lowest BCUT2D eigenvalue weighted by Gasteiger charge is -2.15. The normalized spacial score (nSPS) is 12.5. The topological polar surface area (TPSA) is 103 Å². The predicted octanol–water partition coefficient (Wildman–Crippen LogP) is 4.34. The lowest BCUT2D eigenvalue weighted by Crippen LogP contribution is -2.25. The molecule has 1 atom stereocenters. The molecule has 0 fully saturated rings. The first-order valence-corrected chi connectivity index (χ1v) is 10.9. The number of rotatable bonds is 8. The molecule has 2 N–H and O–H groups in total. The van der Waals surface area contributed by atoms with Crippen LogP contribution in [0.2, 0.25) is 0 Å². The molecule has 1 aliphatic rings. The van der Waals surface area contributed by atoms with Crippen molar-refractivity contribution in [2.45, 2.75) is 19.3 Å². The van der Waals surface area contributed by atoms with Gasteiger partial charge < -0.3 is 24.8 Å². The second kappa shape index (κ2) is 10.5. The molecule has 0 aromatic heterocycles. The Morgan fingerprint density at radius 2 is 1.65 bits per heavy atom. The van der Waals surface area contributed by atoms with Crippen molar-refractivity contribution >= 4 is 29.2 Å². The highest BCUT2D eigenvalue weighted by atomic mass is 16.7. The van der Waals surface area contributed by atoms with Gasteiger partial charge in [-0.2, -0.15) is 0 Å². The number of hydrogen-bond donors (Lipinski definition) is 2. The second-order valence-corrected chi connectivity index (χ2v) is 7.60. The van der Waals surface area contributed by atoms with Crippen LogP contribution in [0.5, 0.6) is 11.5 Å². The van der Waals surface area contributed by atoms with Gasteiger partial charge in [0.25, 0.3) is 11.8 Å². The summed E-state index contributed by atoms with van der Waals surface area (Å²) in [6, 6.07) is 20.9. The number of fused-ring (bicyclic) bond motifs is 1. The summed E-state index contributed by atoms with van der Waals surface area (Å²) < 4.78 is 15.8. The lowest BCUT2D eigenvalue weighted by molar-refractivity contribution is -0.149. The van der Waals surface area contributed by atoms with E-state index in [2.05, 4.69) is 10.6 Å². The van der Waals surface area contributed by atoms with Gasteiger partial charge in [-0.25, -0.2) is 0 Å². The maximum absolute atomic E-state index is 12.8. The van der Waals surface area contributed by atoms with Crippen molar-refractivity contribution in [3.05, 3.63) is 83.9 Å². The van der Waals surface area contributed by atoms with Crippen molar-refractivity contribution in [1.82, 2.24) is 0 Å². The number of esters is 1. The van der Waals surface area contributed by atoms with Crippen LogP contribution >= 0.6 is 0 Å². The molecule has 0 radical (unpaired) electrons. The molecule has 8 heteroatoms. The molecule has 0 saturated carbocycles. The Hall–Kier alpha value is -4.33. The fraction of sp³-hybridized carbons (Fsp3) is 0.192. The van der Waals surface area contributed by atoms with E-state index in [1.54, 1.807) is 42.5 Å². The van der Waals surface area contributed by atoms with Crippen LogP contribution in [-0.2, 0) is 14.3 Å². The third-order valence-corrected chi connectivity index (χ3v) is 5.32. The maximum atomic E-state index is 12.8. The number of para-hydroxylation sites is 1. The standard InChI is InChI=1S/C26H24N2O6/c1-2-19(17-8-4-3-5-9-17)26(31)32-15-24(29)28-21-11-7-6-10-20(21)25(30)27-18-12-13-22-23(14-18)34-16-33-22/h3-14,19H,2,15-16H2,1H3,(H,27,30)(H,28,29)/t19-/m0/s1. The number of nitrogens with one attached hydrogen (secondary N) is 2. The van der Waals surface area contributed by atoms with Crippen LogP contribution in [0.3, 0.4) is 0 Å². The second-order valence-electron chi connectivity index (χ2n) is 7.60. The summed E-state index contributed by atoms with van der Waals surface area (Å²) in [5.41, 5.74) is 1.92. The fourth-order valence-corrected chi connectivity index (χ4v) is 3.61. The van der Waals surface area contributed by atoms with Gasteiger partial charge in [0.2, 0.25) is 6.79 Å². The van der Waals surface area contributed by atoms with Gasteiger partial charge >= 0.3 is 5.97 Å². The molecule has 2 amide bonds. The molecule has 0 aliphatic carbocycles. The largest absolute Gasteiger partial charge is 0.455 e. The van der Waals surface area contributed by atoms with E-state index in [0.717, 1.165) is 5.56 Å². The zero-order valence-electron chi connectivity index (χ0n) is 18.6. The summed E-state index contributed by atoms with van der Waals surface area (Å²) in [6.45, 7) is 1.56. The van der Waals surface area contributed by atoms with Crippen LogP contribution in [0.15, 0.2) is 72.8 Å². The smallest absolute Gasteiger partial charge is 0.313 e. The summed E-state index contributed by atoms with van der Waals surface area (Å²) in [6.07, 6.45) is 0.549. The van der Waals surface area contributed by atoms with Gasteiger partial charge in [-0.15, -0.1) is 0 Å². The summed E-state index contributed by atoms with van der Waals surface area (Å²) >= 11 is 0. The first kappa shape index (κ1) is 22.8. The minimum absolute atomic E-state index is 0.135. The zero-order chi connectivity index (χ0) is 23.9. The molecule has 8 nitrogen and oxygen atoms in total. The SMILES string of the molecule is CC[C@H](C(=O)OCC(=O)Nc1ccccc1C(=O)Nc1ccc2c(c1)OCO2)c1ccccc1. The maximum Gasteiger partial charge on any atom is 0.313 e. The van der Waals surface area contributed by atoms with Crippen molar-refractivity contribution in [2.75, 3.05) is 24.0 Å². The summed E-state index contributed by atoms with van der Waals surface area (Å²) in [4.78, 5) is 37.8. The van der Waals surface area contributed by atoms with Crippen LogP contribution < -0.4 is 20.1 Å². The van der Waals surface area contributed by atoms with E-state index in [9.17, 15) is 14.4 Å². The summed E-state index contributed by atoms with van der Waals surface area (Å²) in [5.74, 6) is -0.729. The molecular weight excluding hydrogens is 436 g/mol. The predicted molar refractivity (Wildman–Crippen MR) is 126 cm³/mol. The number of hydrogen-bond acceptors (Lipinski definition) is 6. The van der Waals surface area contributed by atoms with E-state index in [1.807, 2.05) is 37.3 Å². The van der Waals surface area contributed by atoms with Crippen molar-refractivity contribution in [3.8, 4) is 11.5 Å². The van der Waals surface area contributed by atoms with E-state index in [1.165, 1.54) is 0 Å². The molecule has 0 bridgehead atoms. The highest BCUT2D eigenvalue weighted by molar-refractivity contribution is 6.10. The Morgan fingerprint density at radius 1 is 0.912 bits per heavy atom. The average molecular weight is 460 g/mol. The minimum atomic E-state index is -0.542. The van der Waals surface area contributed by atoms with Gasteiger partial charge in [0, 0.05) is 11.8 Å². The first-order valence-electron chi connectivity index (χ1n) is 10.9. The van der Waals surface area contributed by atoms with E-state index in [4.69, 9.17) is 14.2 Å². The van der Waals surface area contributed by atoms with E-state index in [0.29, 0.717) is 29.3 Å². The zero-order valence-corrected chi connectivity index (χ0v) is 18.6. The molecule has 0 saturated heterocycles. The van der Waals surface area contributed by atoms with Crippen LogP contribution in [0, 0.1) is 0 Å². The molecular formula is C26H24N2O6. The highest BCUT2D eigenvalue weighted by Crippen LogP contribution is 2.34. The van der Waals surface area contributed by atoms with Gasteiger partial charge in [0.15, 0.2) is 18.1 Å². The monoisotopic (exact) mass is 460 g/mol. The van der Waals surface area contributed by atoms with E-state index in [-0.39, 0.29) is 12.4 Å². The molecule has 0 unspecified atom stereocenters. The third-order valence-electron chi connectivity index (χ3n) is 5.32. The van der Waals surface area contributed by atoms with Crippen molar-refractivity contribution < 1.29 is 28.6 Å². The Labute approximate surface area is 196 Å². The van der Waals surface area contributed by atoms with E-state index >= 15 is 0 Å². The lowest BCUT2D eigenvalue weighted by atomic mass is 9.97. The molecule has 3 aromatic carbocycles. The van der Waals surface area contributed by atoms with Gasteiger partial charge in [-0.05, 0) is 36.2 Å². The highest BCUT2D eigenvalue weighted by Gasteiger charge is 2.22. The van der Waals surface area contributed by atoms with Crippen LogP contribution in [0.25, 0.3) is 0 Å². The van der Waals surface area contributed by atoms with Crippen molar-refractivity contribution in [1.29, 1.82) is 0 Å². The Balaban J connectivity index is 1.37. The van der Waals surface area contributed by atoms with Gasteiger partial charge in [-0.1, -0.05) is 49.4 Å². The van der Waals surface area contributed by atoms with Crippen molar-refractivity contribution in [2.24, 2.45) is 0 Å².